The molecule has 1 atom stereocenters. The summed E-state index contributed by atoms with van der Waals surface area (Å²) in [6.45, 7) is 2.25. The van der Waals surface area contributed by atoms with Gasteiger partial charge in [0.2, 0.25) is 0 Å². The van der Waals surface area contributed by atoms with Gasteiger partial charge in [0.1, 0.15) is 0 Å². The van der Waals surface area contributed by atoms with Gasteiger partial charge in [-0.15, -0.1) is 0 Å². The first-order valence-corrected chi connectivity index (χ1v) is 10.7. The van der Waals surface area contributed by atoms with Gasteiger partial charge in [-0.1, -0.05) is 34.1 Å². The van der Waals surface area contributed by atoms with Crippen LogP contribution in [0.1, 0.15) is 19.8 Å². The Hall–Kier alpha value is 0.692. The fraction of sp³-hybridized carbons (Fsp3) is 0.500. The van der Waals surface area contributed by atoms with Gasteiger partial charge in [0.15, 0.2) is 0 Å². The van der Waals surface area contributed by atoms with Gasteiger partial charge in [-0.2, -0.15) is 0 Å². The van der Waals surface area contributed by atoms with E-state index in [9.17, 15) is 0 Å². The van der Waals surface area contributed by atoms with Crippen LogP contribution < -0.4 is 10.2 Å². The van der Waals surface area contributed by atoms with Crippen molar-refractivity contribution in [1.29, 1.82) is 0 Å². The standard InChI is InChI=1S/C12H20NP.2ClH.Pd/c1-4-5-10-14-12-8-6-11(7-9-12)13(2)3;;;/h6-9,14H,4-5,10H2,1-3H3;2*1H;/q;;;+2/p-2. The summed E-state index contributed by atoms with van der Waals surface area (Å²) in [4.78, 5) is 2.14. The van der Waals surface area contributed by atoms with Crippen LogP contribution in [-0.2, 0) is 15.9 Å². The molecule has 0 amide bonds. The molecule has 1 aromatic carbocycles. The Balaban J connectivity index is 0.000000770. The number of nitrogens with zero attached hydrogens (tertiary/aromatic N) is 1. The molecule has 0 N–H and O–H groups in total. The van der Waals surface area contributed by atoms with Gasteiger partial charge in [0.25, 0.3) is 0 Å². The molecule has 1 aromatic rings. The van der Waals surface area contributed by atoms with Crippen molar-refractivity contribution < 1.29 is 15.9 Å². The molecule has 0 spiro atoms. The summed E-state index contributed by atoms with van der Waals surface area (Å²) < 4.78 is 0. The van der Waals surface area contributed by atoms with Crippen molar-refractivity contribution in [2.75, 3.05) is 25.2 Å². The molecular formula is C12H20Cl2NPPd. The minimum atomic E-state index is -0.106. The van der Waals surface area contributed by atoms with Crippen LogP contribution in [0.15, 0.2) is 24.3 Å². The summed E-state index contributed by atoms with van der Waals surface area (Å²) in [5.41, 5.74) is 1.29. The number of halogens is 2. The zero-order valence-corrected chi connectivity index (χ0v) is 14.5. The molecule has 1 unspecified atom stereocenters. The van der Waals surface area contributed by atoms with Crippen molar-refractivity contribution in [1.82, 2.24) is 0 Å². The second-order valence-electron chi connectivity index (χ2n) is 3.77. The number of anilines is 1. The van der Waals surface area contributed by atoms with Crippen molar-refractivity contribution in [3.63, 3.8) is 0 Å². The first kappa shape index (κ1) is 17.7. The Labute approximate surface area is 123 Å². The van der Waals surface area contributed by atoms with Crippen molar-refractivity contribution in [3.05, 3.63) is 24.3 Å². The third kappa shape index (κ3) is 9.29. The summed E-state index contributed by atoms with van der Waals surface area (Å²) in [5, 5.41) is 1.49. The van der Waals surface area contributed by atoms with Crippen LogP contribution in [0, 0.1) is 0 Å². The Morgan fingerprint density at radius 3 is 2.12 bits per heavy atom. The van der Waals surface area contributed by atoms with Crippen LogP contribution >= 0.6 is 27.6 Å². The normalized spacial score (nSPS) is 10.4. The molecule has 0 saturated carbocycles. The molecule has 0 radical (unpaired) electrons. The van der Waals surface area contributed by atoms with Crippen molar-refractivity contribution in [2.24, 2.45) is 0 Å². The first-order chi connectivity index (χ1) is 8.15. The van der Waals surface area contributed by atoms with E-state index in [-0.39, 0.29) is 15.9 Å². The van der Waals surface area contributed by atoms with Gasteiger partial charge >= 0.3 is 35.0 Å². The van der Waals surface area contributed by atoms with Crippen LogP contribution in [0.3, 0.4) is 0 Å². The molecule has 1 rings (SSSR count). The maximum atomic E-state index is 4.81. The predicted octanol–water partition coefficient (Wildman–Crippen LogP) is 4.23. The van der Waals surface area contributed by atoms with E-state index in [1.165, 1.54) is 30.0 Å². The van der Waals surface area contributed by atoms with Crippen LogP contribution in [-0.4, -0.2) is 20.3 Å². The molecule has 0 aliphatic rings. The number of unbranched alkanes of at least 4 members (excludes halogenated alkanes) is 1. The van der Waals surface area contributed by atoms with Crippen LogP contribution in [0.5, 0.6) is 0 Å². The number of hydrogen-bond donors (Lipinski definition) is 0. The molecule has 0 aliphatic heterocycles. The van der Waals surface area contributed by atoms with E-state index in [4.69, 9.17) is 19.1 Å². The quantitative estimate of drug-likeness (QED) is 0.416. The Morgan fingerprint density at radius 1 is 1.18 bits per heavy atom. The Morgan fingerprint density at radius 2 is 1.71 bits per heavy atom. The van der Waals surface area contributed by atoms with Crippen LogP contribution in [0.25, 0.3) is 0 Å². The summed E-state index contributed by atoms with van der Waals surface area (Å²) >= 11 is -0.106. The van der Waals surface area contributed by atoms with Gasteiger partial charge in [0.05, 0.1) is 0 Å². The summed E-state index contributed by atoms with van der Waals surface area (Å²) in [7, 11) is 14.8. The molecule has 17 heavy (non-hydrogen) atoms. The van der Waals surface area contributed by atoms with Crippen LogP contribution in [0.2, 0.25) is 0 Å². The fourth-order valence-corrected chi connectivity index (χ4v) is 2.51. The zero-order valence-electron chi connectivity index (χ0n) is 10.5. The fourth-order valence-electron chi connectivity index (χ4n) is 1.29. The topological polar surface area (TPSA) is 3.24 Å². The van der Waals surface area contributed by atoms with Crippen molar-refractivity contribution in [3.8, 4) is 0 Å². The van der Waals surface area contributed by atoms with Crippen molar-refractivity contribution in [2.45, 2.75) is 19.8 Å². The number of rotatable bonds is 5. The van der Waals surface area contributed by atoms with Gasteiger partial charge in [-0.25, -0.2) is 0 Å². The minimum absolute atomic E-state index is 0.106. The molecule has 0 heterocycles. The molecule has 0 aliphatic carbocycles. The first-order valence-electron chi connectivity index (χ1n) is 5.49. The molecule has 0 saturated heterocycles. The monoisotopic (exact) mass is 385 g/mol. The molecular weight excluding hydrogens is 366 g/mol. The predicted molar refractivity (Wildman–Crippen MR) is 80.2 cm³/mol. The average molecular weight is 387 g/mol. The second kappa shape index (κ2) is 11.8. The van der Waals surface area contributed by atoms with Crippen LogP contribution in [0.4, 0.5) is 5.69 Å². The van der Waals surface area contributed by atoms with E-state index in [0.717, 1.165) is 8.58 Å². The molecule has 102 valence electrons. The second-order valence-corrected chi connectivity index (χ2v) is 7.56. The van der Waals surface area contributed by atoms with E-state index in [2.05, 4.69) is 50.2 Å². The number of benzene rings is 1. The van der Waals surface area contributed by atoms with E-state index < -0.39 is 0 Å². The summed E-state index contributed by atoms with van der Waals surface area (Å²) in [6.07, 6.45) is 4.01. The molecule has 0 bridgehead atoms. The van der Waals surface area contributed by atoms with E-state index in [1.807, 2.05) is 0 Å². The molecule has 5 heteroatoms. The van der Waals surface area contributed by atoms with Gasteiger partial charge in [-0.05, 0) is 30.0 Å². The van der Waals surface area contributed by atoms with E-state index in [0.29, 0.717) is 0 Å². The third-order valence-electron chi connectivity index (χ3n) is 2.24. The van der Waals surface area contributed by atoms with Gasteiger partial charge < -0.3 is 4.90 Å². The SMILES string of the molecule is CCCCPc1ccc(N(C)C)cc1.[Cl][Pd][Cl]. The third-order valence-corrected chi connectivity index (χ3v) is 3.59. The number of hydrogen-bond acceptors (Lipinski definition) is 1. The average Bonchev–Trinajstić information content (AvgIpc) is 2.31. The zero-order chi connectivity index (χ0) is 13.1. The maximum absolute atomic E-state index is 4.81. The molecule has 0 aromatic heterocycles. The van der Waals surface area contributed by atoms with Gasteiger partial charge in [0, 0.05) is 19.8 Å². The Kier molecular flexibility index (Phi) is 12.2. The molecule has 0 fully saturated rings. The summed E-state index contributed by atoms with van der Waals surface area (Å²) in [6, 6.07) is 8.91. The van der Waals surface area contributed by atoms with E-state index >= 15 is 0 Å². The Bertz CT molecular complexity index is 280. The van der Waals surface area contributed by atoms with Gasteiger partial charge in [-0.3, -0.25) is 0 Å². The van der Waals surface area contributed by atoms with E-state index in [1.54, 1.807) is 0 Å². The van der Waals surface area contributed by atoms with Crippen molar-refractivity contribution >= 4 is 38.6 Å². The molecule has 1 nitrogen and oxygen atoms in total. The summed E-state index contributed by atoms with van der Waals surface area (Å²) in [5.74, 6) is 0.